The van der Waals surface area contributed by atoms with E-state index in [1.165, 1.54) is 0 Å². The Bertz CT molecular complexity index is 1980. The number of amides is 3. The van der Waals surface area contributed by atoms with Gasteiger partial charge in [-0.1, -0.05) is 6.07 Å². The van der Waals surface area contributed by atoms with Gasteiger partial charge in [0.05, 0.1) is 24.4 Å². The van der Waals surface area contributed by atoms with E-state index in [2.05, 4.69) is 21.0 Å². The van der Waals surface area contributed by atoms with Crippen molar-refractivity contribution in [3.05, 3.63) is 106 Å². The van der Waals surface area contributed by atoms with E-state index < -0.39 is 6.03 Å². The molecule has 254 valence electrons. The third-order valence-corrected chi connectivity index (χ3v) is 9.02. The van der Waals surface area contributed by atoms with Crippen molar-refractivity contribution in [2.75, 3.05) is 57.3 Å². The summed E-state index contributed by atoms with van der Waals surface area (Å²) < 4.78 is 13.5. The highest BCUT2D eigenvalue weighted by Gasteiger charge is 2.38. The molecule has 2 aliphatic rings. The zero-order valence-corrected chi connectivity index (χ0v) is 28.7. The van der Waals surface area contributed by atoms with E-state index in [0.29, 0.717) is 40.5 Å². The molecule has 3 amide bonds. The fourth-order valence-electron chi connectivity index (χ4n) is 6.33. The summed E-state index contributed by atoms with van der Waals surface area (Å²) in [4.78, 5) is 43.3. The van der Waals surface area contributed by atoms with E-state index in [0.717, 1.165) is 34.7 Å². The Hall–Kier alpha value is -5.62. The maximum atomic E-state index is 13.7. The third kappa shape index (κ3) is 6.72. The van der Waals surface area contributed by atoms with E-state index in [1.54, 1.807) is 61.5 Å². The lowest BCUT2D eigenvalue weighted by molar-refractivity contribution is 0.0786. The number of Topliss-reactive ketones (excluding diaryl/α,β-unsaturated/α-hetero) is 1. The highest BCUT2D eigenvalue weighted by atomic mass is 16.5. The number of carbonyl (C=O) groups is 3. The van der Waals surface area contributed by atoms with Crippen molar-refractivity contribution in [3.8, 4) is 11.5 Å². The topological polar surface area (TPSA) is 130 Å². The van der Waals surface area contributed by atoms with Crippen LogP contribution in [0.3, 0.4) is 0 Å². The first-order valence-electron chi connectivity index (χ1n) is 16.0. The van der Waals surface area contributed by atoms with Crippen molar-refractivity contribution < 1.29 is 23.9 Å². The van der Waals surface area contributed by atoms with Crippen LogP contribution < -0.4 is 25.4 Å². The second kappa shape index (κ2) is 13.5. The fourth-order valence-corrected chi connectivity index (χ4v) is 6.33. The van der Waals surface area contributed by atoms with Crippen LogP contribution in [0.1, 0.15) is 55.2 Å². The summed E-state index contributed by atoms with van der Waals surface area (Å²) in [7, 11) is 9.20. The number of nitrogens with zero attached hydrogens (tertiary/aromatic N) is 4. The number of benzene rings is 3. The number of aromatic nitrogens is 2. The number of fused-ring (bicyclic) bond motifs is 2. The molecule has 1 aromatic heterocycles. The van der Waals surface area contributed by atoms with Crippen LogP contribution in [0, 0.1) is 13.8 Å². The molecule has 12 nitrogen and oxygen atoms in total. The minimum atomic E-state index is -0.514. The van der Waals surface area contributed by atoms with E-state index in [9.17, 15) is 14.4 Å². The third-order valence-electron chi connectivity index (χ3n) is 9.02. The van der Waals surface area contributed by atoms with E-state index >= 15 is 0 Å². The van der Waals surface area contributed by atoms with Crippen LogP contribution in [0.4, 0.5) is 21.9 Å². The molecule has 0 aliphatic carbocycles. The molecule has 2 aliphatic heterocycles. The van der Waals surface area contributed by atoms with Gasteiger partial charge in [-0.2, -0.15) is 5.10 Å². The highest BCUT2D eigenvalue weighted by molar-refractivity contribution is 6.13. The number of ether oxygens (including phenoxy) is 2. The Kier molecular flexibility index (Phi) is 9.16. The van der Waals surface area contributed by atoms with Crippen molar-refractivity contribution in [1.29, 1.82) is 0 Å². The average molecular weight is 664 g/mol. The van der Waals surface area contributed by atoms with E-state index in [-0.39, 0.29) is 29.4 Å². The number of aryl methyl sites for hydroxylation is 2. The molecule has 0 bridgehead atoms. The van der Waals surface area contributed by atoms with Crippen LogP contribution in [0.25, 0.3) is 0 Å². The number of hydrogen-bond acceptors (Lipinski definition) is 8. The van der Waals surface area contributed by atoms with Crippen molar-refractivity contribution in [2.24, 2.45) is 7.05 Å². The summed E-state index contributed by atoms with van der Waals surface area (Å²) in [6.07, 6.45) is 1.86. The molecule has 0 saturated carbocycles. The van der Waals surface area contributed by atoms with Gasteiger partial charge in [-0.05, 0) is 94.2 Å². The predicted octanol–water partition coefficient (Wildman–Crippen LogP) is 5.73. The molecule has 2 atom stereocenters. The quantitative estimate of drug-likeness (QED) is 0.194. The number of hydrogen-bond donors (Lipinski definition) is 3. The van der Waals surface area contributed by atoms with Crippen molar-refractivity contribution in [1.82, 2.24) is 19.6 Å². The van der Waals surface area contributed by atoms with Crippen LogP contribution in [0.5, 0.6) is 11.5 Å². The van der Waals surface area contributed by atoms with E-state index in [1.807, 2.05) is 68.8 Å². The van der Waals surface area contributed by atoms with Crippen molar-refractivity contribution >= 4 is 34.8 Å². The number of rotatable bonds is 9. The first kappa shape index (κ1) is 33.3. The van der Waals surface area contributed by atoms with Gasteiger partial charge in [0, 0.05) is 67.0 Å². The monoisotopic (exact) mass is 663 g/mol. The van der Waals surface area contributed by atoms with Gasteiger partial charge in [0.15, 0.2) is 5.76 Å². The van der Waals surface area contributed by atoms with Crippen LogP contribution in [-0.4, -0.2) is 78.6 Å². The lowest BCUT2D eigenvalue weighted by Gasteiger charge is -2.20. The second-order valence-corrected chi connectivity index (χ2v) is 12.7. The number of urea groups is 1. The summed E-state index contributed by atoms with van der Waals surface area (Å²) in [6, 6.07) is 16.9. The Morgan fingerprint density at radius 3 is 2.47 bits per heavy atom. The van der Waals surface area contributed by atoms with Crippen molar-refractivity contribution in [2.45, 2.75) is 25.8 Å². The fraction of sp³-hybridized carbons (Fsp3) is 0.297. The molecule has 3 heterocycles. The molecule has 0 radical (unpaired) electrons. The van der Waals surface area contributed by atoms with Gasteiger partial charge in [0.2, 0.25) is 5.78 Å². The number of ketones is 1. The zero-order valence-electron chi connectivity index (χ0n) is 28.7. The van der Waals surface area contributed by atoms with Gasteiger partial charge in [-0.25, -0.2) is 4.79 Å². The normalized spacial score (nSPS) is 17.0. The number of methoxy groups -OCH3 is 1. The van der Waals surface area contributed by atoms with Gasteiger partial charge in [0.1, 0.15) is 11.5 Å². The van der Waals surface area contributed by atoms with Gasteiger partial charge < -0.3 is 35.2 Å². The minimum absolute atomic E-state index is 0.139. The van der Waals surface area contributed by atoms with Crippen molar-refractivity contribution in [3.63, 3.8) is 0 Å². The van der Waals surface area contributed by atoms with Crippen LogP contribution in [0.2, 0.25) is 0 Å². The molecule has 4 aromatic rings. The van der Waals surface area contributed by atoms with E-state index in [4.69, 9.17) is 9.47 Å². The second-order valence-electron chi connectivity index (χ2n) is 12.7. The lowest BCUT2D eigenvalue weighted by atomic mass is 9.88. The van der Waals surface area contributed by atoms with Gasteiger partial charge in [0.25, 0.3) is 5.91 Å². The van der Waals surface area contributed by atoms with Crippen LogP contribution in [-0.2, 0) is 7.05 Å². The molecule has 3 N–H and O–H groups in total. The summed E-state index contributed by atoms with van der Waals surface area (Å²) in [5.74, 6) is 0.664. The summed E-state index contributed by atoms with van der Waals surface area (Å²) >= 11 is 0. The van der Waals surface area contributed by atoms with Gasteiger partial charge >= 0.3 is 6.03 Å². The Morgan fingerprint density at radius 2 is 1.78 bits per heavy atom. The molecule has 49 heavy (non-hydrogen) atoms. The number of anilines is 3. The summed E-state index contributed by atoms with van der Waals surface area (Å²) in [6.45, 7) is 5.33. The summed E-state index contributed by atoms with van der Waals surface area (Å²) in [5.41, 5.74) is 6.62. The predicted molar refractivity (Wildman–Crippen MR) is 189 cm³/mol. The molecular weight excluding hydrogens is 622 g/mol. The molecule has 12 heteroatoms. The first-order chi connectivity index (χ1) is 23.4. The molecule has 0 saturated heterocycles. The molecular formula is C37H41N7O5. The SMILES string of the molecule is COc1ccc2c(c1)C(/C=C1\Oc3ccc(NC(=O)Nc4cccc(C(=O)N(C)CCN(C)C)c4)cc3C1=O)C(c1c(C)nn(C)c1C)N2. The van der Waals surface area contributed by atoms with Gasteiger partial charge in [-0.3, -0.25) is 14.3 Å². The highest BCUT2D eigenvalue weighted by Crippen LogP contribution is 2.49. The Labute approximate surface area is 285 Å². The van der Waals surface area contributed by atoms with Gasteiger partial charge in [-0.15, -0.1) is 0 Å². The Balaban J connectivity index is 1.19. The number of nitrogens with one attached hydrogen (secondary N) is 3. The molecule has 0 fully saturated rings. The number of allylic oxidation sites excluding steroid dienone is 1. The average Bonchev–Trinajstić information content (AvgIpc) is 3.67. The first-order valence-corrected chi connectivity index (χ1v) is 16.0. The maximum absolute atomic E-state index is 13.7. The lowest BCUT2D eigenvalue weighted by Crippen LogP contribution is -2.33. The van der Waals surface area contributed by atoms with Crippen LogP contribution >= 0.6 is 0 Å². The molecule has 0 spiro atoms. The van der Waals surface area contributed by atoms with Crippen LogP contribution in [0.15, 0.2) is 72.5 Å². The maximum Gasteiger partial charge on any atom is 0.323 e. The Morgan fingerprint density at radius 1 is 1.02 bits per heavy atom. The standard InChI is InChI=1S/C37H41N7O5/c1-21-33(22(2)44(6)41-21)34-28(27-19-26(48-7)12-13-30(27)40-34)20-32-35(45)29-18-25(11-14-31(29)49-32)39-37(47)38-24-10-8-9-23(17-24)36(46)43(5)16-15-42(3)4/h8-14,17-20,28,34,40H,15-16H2,1-7H3,(H2,38,39,47)/b32-20-. The smallest absolute Gasteiger partial charge is 0.323 e. The molecule has 3 aromatic carbocycles. The summed E-state index contributed by atoms with van der Waals surface area (Å²) in [5, 5.41) is 13.8. The largest absolute Gasteiger partial charge is 0.497 e. The molecule has 2 unspecified atom stereocenters. The number of likely N-dealkylation sites (N-methyl/N-ethyl adjacent to an activating group) is 2. The zero-order chi connectivity index (χ0) is 35.0. The minimum Gasteiger partial charge on any atom is -0.497 e. The number of carbonyl (C=O) groups excluding carboxylic acids is 3. The molecule has 6 rings (SSSR count).